The Morgan fingerprint density at radius 3 is 2.48 bits per heavy atom. The van der Waals surface area contributed by atoms with Gasteiger partial charge in [-0.25, -0.2) is 23.1 Å². The predicted octanol–water partition coefficient (Wildman–Crippen LogP) is 3.91. The van der Waals surface area contributed by atoms with Crippen LogP contribution < -0.4 is 15.5 Å². The maximum atomic E-state index is 12.6. The fraction of sp³-hybridized carbons (Fsp3) is 0.0909. The normalized spacial score (nSPS) is 11.4. The van der Waals surface area contributed by atoms with Crippen molar-refractivity contribution in [2.75, 3.05) is 10.0 Å². The molecule has 4 rings (SSSR count). The molecule has 0 atom stereocenters. The monoisotopic (exact) mass is 484 g/mol. The van der Waals surface area contributed by atoms with Gasteiger partial charge in [0.15, 0.2) is 11.2 Å². The molecule has 0 saturated heterocycles. The number of nitrogens with one attached hydrogen (secondary N) is 2. The molecule has 0 aliphatic carbocycles. The molecule has 2 N–H and O–H groups in total. The molecule has 11 heteroatoms. The maximum absolute atomic E-state index is 12.6. The zero-order valence-corrected chi connectivity index (χ0v) is 19.0. The molecule has 2 aromatic carbocycles. The van der Waals surface area contributed by atoms with Crippen molar-refractivity contribution in [3.8, 4) is 0 Å². The number of anilines is 2. The third-order valence-corrected chi connectivity index (χ3v) is 6.43. The Hall–Kier alpha value is -3.76. The number of amides is 1. The van der Waals surface area contributed by atoms with Crippen LogP contribution in [0.15, 0.2) is 68.8 Å². The number of rotatable bonds is 5. The quantitative estimate of drug-likeness (QED) is 0.439. The summed E-state index contributed by atoms with van der Waals surface area (Å²) in [5.41, 5.74) is 1.45. The molecule has 33 heavy (non-hydrogen) atoms. The molecule has 0 spiro atoms. The van der Waals surface area contributed by atoms with Gasteiger partial charge >= 0.3 is 0 Å². The first-order valence-electron chi connectivity index (χ1n) is 9.60. The van der Waals surface area contributed by atoms with Crippen LogP contribution in [0.2, 0.25) is 5.02 Å². The van der Waals surface area contributed by atoms with Crippen molar-refractivity contribution in [1.29, 1.82) is 0 Å². The molecule has 168 valence electrons. The summed E-state index contributed by atoms with van der Waals surface area (Å²) in [6.45, 7) is 3.47. The van der Waals surface area contributed by atoms with Gasteiger partial charge in [-0.1, -0.05) is 11.6 Å². The second kappa shape index (κ2) is 8.64. The van der Waals surface area contributed by atoms with Crippen LogP contribution in [0.4, 0.5) is 11.6 Å². The van der Waals surface area contributed by atoms with Crippen molar-refractivity contribution < 1.29 is 17.6 Å². The van der Waals surface area contributed by atoms with Crippen LogP contribution in [-0.2, 0) is 10.0 Å². The Labute approximate surface area is 193 Å². The maximum Gasteiger partial charge on any atom is 0.291 e. The van der Waals surface area contributed by atoms with E-state index in [2.05, 4.69) is 20.0 Å². The number of carbonyl (C=O) groups excluding carboxylic acids is 1. The Morgan fingerprint density at radius 1 is 1.06 bits per heavy atom. The van der Waals surface area contributed by atoms with E-state index in [0.717, 1.165) is 6.07 Å². The summed E-state index contributed by atoms with van der Waals surface area (Å²) in [6.07, 6.45) is 1.44. The number of sulfonamides is 1. The standard InChI is InChI=1S/C22H17ClN4O5S/c1-12-9-19-16(10-17(12)23)18(28)11-20(32-19)21(29)26-14-3-5-15(6-4-14)33(30,31)27-22-24-8-7-13(2)25-22/h3-11H,1-2H3,(H,26,29)(H,24,25,27). The lowest BCUT2D eigenvalue weighted by Crippen LogP contribution is -2.16. The van der Waals surface area contributed by atoms with Crippen LogP contribution in [-0.4, -0.2) is 24.3 Å². The molecule has 0 aliphatic heterocycles. The SMILES string of the molecule is Cc1ccnc(NS(=O)(=O)c2ccc(NC(=O)c3cc(=O)c4cc(Cl)c(C)cc4o3)cc2)n1. The lowest BCUT2D eigenvalue weighted by atomic mass is 10.1. The van der Waals surface area contributed by atoms with Crippen LogP contribution >= 0.6 is 11.6 Å². The molecule has 2 heterocycles. The van der Waals surface area contributed by atoms with E-state index in [9.17, 15) is 18.0 Å². The van der Waals surface area contributed by atoms with Crippen LogP contribution in [0.25, 0.3) is 11.0 Å². The first-order chi connectivity index (χ1) is 15.6. The molecule has 0 fully saturated rings. The summed E-state index contributed by atoms with van der Waals surface area (Å²) >= 11 is 6.05. The summed E-state index contributed by atoms with van der Waals surface area (Å²) < 4.78 is 33.0. The number of aryl methyl sites for hydroxylation is 2. The molecule has 2 aromatic heterocycles. The van der Waals surface area contributed by atoms with Crippen molar-refractivity contribution >= 4 is 50.1 Å². The lowest BCUT2D eigenvalue weighted by molar-refractivity contribution is 0.0997. The molecule has 0 saturated carbocycles. The third-order valence-electron chi connectivity index (χ3n) is 4.68. The van der Waals surface area contributed by atoms with Gasteiger partial charge in [-0.2, -0.15) is 0 Å². The Bertz CT molecular complexity index is 1550. The van der Waals surface area contributed by atoms with Gasteiger partial charge in [0.1, 0.15) is 5.58 Å². The summed E-state index contributed by atoms with van der Waals surface area (Å²) in [7, 11) is -3.92. The van der Waals surface area contributed by atoms with Gasteiger partial charge in [-0.15, -0.1) is 0 Å². The van der Waals surface area contributed by atoms with E-state index in [1.807, 2.05) is 0 Å². The number of hydrogen-bond acceptors (Lipinski definition) is 7. The van der Waals surface area contributed by atoms with Gasteiger partial charge in [-0.05, 0) is 61.9 Å². The van der Waals surface area contributed by atoms with Gasteiger partial charge in [-0.3, -0.25) is 9.59 Å². The van der Waals surface area contributed by atoms with E-state index in [-0.39, 0.29) is 27.6 Å². The average molecular weight is 485 g/mol. The van der Waals surface area contributed by atoms with E-state index in [0.29, 0.717) is 22.0 Å². The number of halogens is 1. The van der Waals surface area contributed by atoms with Crippen molar-refractivity contribution in [2.45, 2.75) is 18.7 Å². The minimum Gasteiger partial charge on any atom is -0.451 e. The van der Waals surface area contributed by atoms with Crippen molar-refractivity contribution in [3.63, 3.8) is 0 Å². The molecular formula is C22H17ClN4O5S. The summed E-state index contributed by atoms with van der Waals surface area (Å²) in [5, 5.41) is 3.26. The van der Waals surface area contributed by atoms with Crippen LogP contribution in [0.5, 0.6) is 0 Å². The van der Waals surface area contributed by atoms with E-state index < -0.39 is 21.4 Å². The number of benzene rings is 2. The summed E-state index contributed by atoms with van der Waals surface area (Å²) in [6, 6.07) is 11.2. The number of carbonyl (C=O) groups is 1. The summed E-state index contributed by atoms with van der Waals surface area (Å²) in [5.74, 6) is -0.900. The predicted molar refractivity (Wildman–Crippen MR) is 124 cm³/mol. The van der Waals surface area contributed by atoms with Crippen LogP contribution in [0.3, 0.4) is 0 Å². The molecule has 0 bridgehead atoms. The smallest absolute Gasteiger partial charge is 0.291 e. The molecule has 9 nitrogen and oxygen atoms in total. The van der Waals surface area contributed by atoms with Crippen molar-refractivity contribution in [2.24, 2.45) is 0 Å². The Morgan fingerprint density at radius 2 is 1.79 bits per heavy atom. The van der Waals surface area contributed by atoms with Crippen LogP contribution in [0, 0.1) is 13.8 Å². The van der Waals surface area contributed by atoms with E-state index >= 15 is 0 Å². The molecular weight excluding hydrogens is 468 g/mol. The van der Waals surface area contributed by atoms with Crippen molar-refractivity contribution in [1.82, 2.24) is 9.97 Å². The highest BCUT2D eigenvalue weighted by molar-refractivity contribution is 7.92. The number of fused-ring (bicyclic) bond motifs is 1. The minimum atomic E-state index is -3.92. The fourth-order valence-corrected chi connectivity index (χ4v) is 4.09. The molecule has 0 unspecified atom stereocenters. The zero-order valence-electron chi connectivity index (χ0n) is 17.4. The number of hydrogen-bond donors (Lipinski definition) is 2. The van der Waals surface area contributed by atoms with Gasteiger partial charge < -0.3 is 9.73 Å². The van der Waals surface area contributed by atoms with Gasteiger partial charge in [0.05, 0.1) is 10.3 Å². The van der Waals surface area contributed by atoms with Gasteiger partial charge in [0.25, 0.3) is 15.9 Å². The molecule has 0 aliphatic rings. The number of aromatic nitrogens is 2. The van der Waals surface area contributed by atoms with Crippen LogP contribution in [0.1, 0.15) is 21.8 Å². The van der Waals surface area contributed by atoms with E-state index in [1.165, 1.54) is 36.5 Å². The second-order valence-electron chi connectivity index (χ2n) is 7.18. The lowest BCUT2D eigenvalue weighted by Gasteiger charge is -2.09. The van der Waals surface area contributed by atoms with Crippen molar-refractivity contribution in [3.05, 3.63) is 87.0 Å². The fourth-order valence-electron chi connectivity index (χ4n) is 2.98. The highest BCUT2D eigenvalue weighted by Crippen LogP contribution is 2.23. The minimum absolute atomic E-state index is 0.0461. The first kappa shape index (κ1) is 22.4. The first-order valence-corrected chi connectivity index (χ1v) is 11.5. The zero-order chi connectivity index (χ0) is 23.8. The molecule has 0 radical (unpaired) electrons. The van der Waals surface area contributed by atoms with E-state index in [1.54, 1.807) is 26.0 Å². The third kappa shape index (κ3) is 4.86. The number of nitrogens with zero attached hydrogens (tertiary/aromatic N) is 2. The molecule has 1 amide bonds. The average Bonchev–Trinajstić information content (AvgIpc) is 2.75. The Balaban J connectivity index is 1.54. The second-order valence-corrected chi connectivity index (χ2v) is 9.27. The summed E-state index contributed by atoms with van der Waals surface area (Å²) in [4.78, 5) is 32.8. The van der Waals surface area contributed by atoms with Gasteiger partial charge in [0, 0.05) is 28.7 Å². The molecule has 4 aromatic rings. The van der Waals surface area contributed by atoms with E-state index in [4.69, 9.17) is 16.0 Å². The largest absolute Gasteiger partial charge is 0.451 e. The highest BCUT2D eigenvalue weighted by atomic mass is 35.5. The van der Waals surface area contributed by atoms with Gasteiger partial charge in [0.2, 0.25) is 5.95 Å². The Kier molecular flexibility index (Phi) is 5.88. The highest BCUT2D eigenvalue weighted by Gasteiger charge is 2.17. The topological polar surface area (TPSA) is 131 Å².